The molecule has 3 aromatic rings. The van der Waals surface area contributed by atoms with E-state index in [1.165, 1.54) is 17.4 Å². The summed E-state index contributed by atoms with van der Waals surface area (Å²) in [5.74, 6) is 0.593. The van der Waals surface area contributed by atoms with E-state index in [1.54, 1.807) is 36.4 Å². The van der Waals surface area contributed by atoms with Crippen LogP contribution in [0.2, 0.25) is 0 Å². The molecular weight excluding hydrogens is 341 g/mol. The van der Waals surface area contributed by atoms with E-state index in [0.717, 1.165) is 4.70 Å². The first kappa shape index (κ1) is 17.2. The summed E-state index contributed by atoms with van der Waals surface area (Å²) >= 11 is 1.26. The van der Waals surface area contributed by atoms with Crippen molar-refractivity contribution < 1.29 is 18.7 Å². The number of carbonyl (C=O) groups excluding carboxylic acids is 1. The molecular formula is C19H18FNO3S. The molecule has 1 heterocycles. The third-order valence-corrected chi connectivity index (χ3v) is 4.63. The van der Waals surface area contributed by atoms with Crippen LogP contribution in [0.3, 0.4) is 0 Å². The lowest BCUT2D eigenvalue weighted by atomic mass is 10.2. The van der Waals surface area contributed by atoms with Gasteiger partial charge in [0, 0.05) is 21.8 Å². The number of nitrogens with one attached hydrogen (secondary N) is 1. The normalized spacial score (nSPS) is 10.7. The Labute approximate surface area is 149 Å². The van der Waals surface area contributed by atoms with Crippen LogP contribution in [-0.4, -0.2) is 19.1 Å². The molecule has 0 saturated heterocycles. The summed E-state index contributed by atoms with van der Waals surface area (Å²) in [6, 6.07) is 11.6. The molecule has 0 saturated carbocycles. The summed E-state index contributed by atoms with van der Waals surface area (Å²) in [5, 5.41) is 3.28. The van der Waals surface area contributed by atoms with Gasteiger partial charge >= 0.3 is 0 Å². The van der Waals surface area contributed by atoms with E-state index in [2.05, 4.69) is 5.32 Å². The first-order valence-electron chi connectivity index (χ1n) is 8.01. The van der Waals surface area contributed by atoms with Crippen LogP contribution in [0.5, 0.6) is 11.5 Å². The number of thiophene rings is 1. The van der Waals surface area contributed by atoms with Gasteiger partial charge in [-0.3, -0.25) is 4.79 Å². The Morgan fingerprint density at radius 2 is 1.84 bits per heavy atom. The maximum absolute atomic E-state index is 13.8. The number of hydrogen-bond donors (Lipinski definition) is 1. The number of rotatable bonds is 6. The molecule has 1 amide bonds. The van der Waals surface area contributed by atoms with Crippen LogP contribution < -0.4 is 14.8 Å². The van der Waals surface area contributed by atoms with Gasteiger partial charge in [-0.2, -0.15) is 0 Å². The van der Waals surface area contributed by atoms with E-state index >= 15 is 0 Å². The van der Waals surface area contributed by atoms with Crippen molar-refractivity contribution in [3.05, 3.63) is 53.2 Å². The number of ether oxygens (including phenoxy) is 2. The van der Waals surface area contributed by atoms with Crippen LogP contribution in [0.25, 0.3) is 10.1 Å². The van der Waals surface area contributed by atoms with Crippen molar-refractivity contribution >= 4 is 33.0 Å². The maximum atomic E-state index is 13.8. The maximum Gasteiger partial charge on any atom is 0.265 e. The Morgan fingerprint density at radius 1 is 1.08 bits per heavy atom. The largest absolute Gasteiger partial charge is 0.490 e. The third-order valence-electron chi connectivity index (χ3n) is 3.53. The van der Waals surface area contributed by atoms with Crippen LogP contribution in [-0.2, 0) is 0 Å². The van der Waals surface area contributed by atoms with E-state index in [9.17, 15) is 9.18 Å². The topological polar surface area (TPSA) is 47.6 Å². The summed E-state index contributed by atoms with van der Waals surface area (Å²) in [5.41, 5.74) is 0.592. The Hall–Kier alpha value is -2.60. The quantitative estimate of drug-likeness (QED) is 0.667. The van der Waals surface area contributed by atoms with E-state index in [-0.39, 0.29) is 11.7 Å². The van der Waals surface area contributed by atoms with Gasteiger partial charge in [-0.05, 0) is 44.2 Å². The van der Waals surface area contributed by atoms with E-state index < -0.39 is 0 Å². The Balaban J connectivity index is 1.84. The van der Waals surface area contributed by atoms with Gasteiger partial charge in [0.15, 0.2) is 11.5 Å². The Bertz CT molecular complexity index is 907. The molecule has 0 fully saturated rings. The van der Waals surface area contributed by atoms with Gasteiger partial charge in [-0.25, -0.2) is 4.39 Å². The number of benzene rings is 2. The highest BCUT2D eigenvalue weighted by Crippen LogP contribution is 2.32. The van der Waals surface area contributed by atoms with Gasteiger partial charge in [-0.15, -0.1) is 11.3 Å². The smallest absolute Gasteiger partial charge is 0.265 e. The first-order valence-corrected chi connectivity index (χ1v) is 8.83. The zero-order valence-corrected chi connectivity index (χ0v) is 14.8. The van der Waals surface area contributed by atoms with Crippen LogP contribution >= 0.6 is 11.3 Å². The minimum absolute atomic E-state index is 0.285. The third kappa shape index (κ3) is 3.74. The fourth-order valence-electron chi connectivity index (χ4n) is 2.46. The van der Waals surface area contributed by atoms with Crippen molar-refractivity contribution in [3.63, 3.8) is 0 Å². The van der Waals surface area contributed by atoms with Gasteiger partial charge in [0.25, 0.3) is 5.91 Å². The van der Waals surface area contributed by atoms with Crippen LogP contribution in [0.15, 0.2) is 42.5 Å². The molecule has 25 heavy (non-hydrogen) atoms. The molecule has 0 aliphatic carbocycles. The summed E-state index contributed by atoms with van der Waals surface area (Å²) in [6.07, 6.45) is 0. The van der Waals surface area contributed by atoms with Gasteiger partial charge in [0.1, 0.15) is 5.82 Å². The van der Waals surface area contributed by atoms with E-state index in [1.807, 2.05) is 13.8 Å². The SMILES string of the molecule is CCOc1ccc(NC(=O)c2cc3c(F)cccc3s2)cc1OCC. The molecule has 3 rings (SSSR count). The fraction of sp³-hybridized carbons (Fsp3) is 0.211. The molecule has 0 spiro atoms. The summed E-state index contributed by atoms with van der Waals surface area (Å²) in [4.78, 5) is 12.9. The molecule has 0 unspecified atom stereocenters. The van der Waals surface area contributed by atoms with E-state index in [0.29, 0.717) is 40.7 Å². The number of anilines is 1. The molecule has 0 atom stereocenters. The summed E-state index contributed by atoms with van der Waals surface area (Å²) < 4.78 is 25.6. The van der Waals surface area contributed by atoms with Crippen molar-refractivity contribution in [3.8, 4) is 11.5 Å². The second-order valence-corrected chi connectivity index (χ2v) is 6.33. The lowest BCUT2D eigenvalue weighted by molar-refractivity contribution is 0.103. The molecule has 0 aliphatic heterocycles. The molecule has 1 N–H and O–H groups in total. The molecule has 0 aliphatic rings. The second kappa shape index (κ2) is 7.53. The van der Waals surface area contributed by atoms with Crippen LogP contribution in [0, 0.1) is 5.82 Å². The standard InChI is InChI=1S/C19H18FNO3S/c1-3-23-15-9-8-12(10-16(15)24-4-2)21-19(22)18-11-13-14(20)6-5-7-17(13)25-18/h5-11H,3-4H2,1-2H3,(H,21,22). The molecule has 2 aromatic carbocycles. The highest BCUT2D eigenvalue weighted by atomic mass is 32.1. The number of fused-ring (bicyclic) bond motifs is 1. The predicted molar refractivity (Wildman–Crippen MR) is 98.5 cm³/mol. The van der Waals surface area contributed by atoms with Crippen molar-refractivity contribution in [2.45, 2.75) is 13.8 Å². The molecule has 0 bridgehead atoms. The monoisotopic (exact) mass is 359 g/mol. The zero-order valence-electron chi connectivity index (χ0n) is 14.0. The van der Waals surface area contributed by atoms with Crippen molar-refractivity contribution in [1.29, 1.82) is 0 Å². The van der Waals surface area contributed by atoms with E-state index in [4.69, 9.17) is 9.47 Å². The Morgan fingerprint density at radius 3 is 2.56 bits per heavy atom. The minimum atomic E-state index is -0.326. The van der Waals surface area contributed by atoms with Crippen LogP contribution in [0.1, 0.15) is 23.5 Å². The van der Waals surface area contributed by atoms with Gasteiger partial charge in [0.05, 0.1) is 18.1 Å². The van der Waals surface area contributed by atoms with Crippen LogP contribution in [0.4, 0.5) is 10.1 Å². The minimum Gasteiger partial charge on any atom is -0.490 e. The Kier molecular flexibility index (Phi) is 5.19. The zero-order chi connectivity index (χ0) is 17.8. The molecule has 0 radical (unpaired) electrons. The lowest BCUT2D eigenvalue weighted by Gasteiger charge is -2.12. The molecule has 4 nitrogen and oxygen atoms in total. The predicted octanol–water partition coefficient (Wildman–Crippen LogP) is 5.09. The number of amides is 1. The fourth-order valence-corrected chi connectivity index (χ4v) is 3.43. The molecule has 6 heteroatoms. The second-order valence-electron chi connectivity index (χ2n) is 5.24. The number of carbonyl (C=O) groups is 1. The van der Waals surface area contributed by atoms with Crippen molar-refractivity contribution in [1.82, 2.24) is 0 Å². The van der Waals surface area contributed by atoms with Crippen molar-refractivity contribution in [2.24, 2.45) is 0 Å². The van der Waals surface area contributed by atoms with Gasteiger partial charge in [0.2, 0.25) is 0 Å². The molecule has 1 aromatic heterocycles. The molecule has 130 valence electrons. The first-order chi connectivity index (χ1) is 12.1. The number of hydrogen-bond acceptors (Lipinski definition) is 4. The van der Waals surface area contributed by atoms with Crippen molar-refractivity contribution in [2.75, 3.05) is 18.5 Å². The highest BCUT2D eigenvalue weighted by Gasteiger charge is 2.14. The summed E-state index contributed by atoms with van der Waals surface area (Å²) in [7, 11) is 0. The summed E-state index contributed by atoms with van der Waals surface area (Å²) in [6.45, 7) is 4.80. The van der Waals surface area contributed by atoms with Gasteiger partial charge < -0.3 is 14.8 Å². The average Bonchev–Trinajstić information content (AvgIpc) is 3.03. The highest BCUT2D eigenvalue weighted by molar-refractivity contribution is 7.20. The average molecular weight is 359 g/mol. The number of halogens is 1. The lowest BCUT2D eigenvalue weighted by Crippen LogP contribution is -2.10. The van der Waals surface area contributed by atoms with Gasteiger partial charge in [-0.1, -0.05) is 6.07 Å².